The van der Waals surface area contributed by atoms with Gasteiger partial charge in [-0.15, -0.1) is 10.2 Å². The molecule has 2 aromatic heterocycles. The molecule has 176 valence electrons. The zero-order chi connectivity index (χ0) is 24.5. The highest BCUT2D eigenvalue weighted by Crippen LogP contribution is 2.26. The van der Waals surface area contributed by atoms with E-state index in [-0.39, 0.29) is 29.5 Å². The fourth-order valence-corrected chi connectivity index (χ4v) is 4.64. The number of Topliss-reactive ketones (excluding diaryl/α,β-unsaturated/α-hetero) is 1. The van der Waals surface area contributed by atoms with Crippen molar-refractivity contribution in [2.24, 2.45) is 5.92 Å². The summed E-state index contributed by atoms with van der Waals surface area (Å²) < 4.78 is 3.34. The van der Waals surface area contributed by atoms with Gasteiger partial charge in [-0.05, 0) is 35.6 Å². The Hall–Kier alpha value is -4.06. The monoisotopic (exact) mass is 464 g/mol. The van der Waals surface area contributed by atoms with E-state index in [0.29, 0.717) is 22.8 Å². The molecule has 0 bridgehead atoms. The maximum Gasteiger partial charge on any atom is 0.297 e. The smallest absolute Gasteiger partial charge is 0.296 e. The van der Waals surface area contributed by atoms with E-state index >= 15 is 0 Å². The van der Waals surface area contributed by atoms with Gasteiger partial charge >= 0.3 is 0 Å². The van der Waals surface area contributed by atoms with Crippen molar-refractivity contribution in [2.75, 3.05) is 0 Å². The van der Waals surface area contributed by atoms with E-state index in [1.54, 1.807) is 12.1 Å². The number of fused-ring (bicyclic) bond motifs is 3. The maximum absolute atomic E-state index is 13.5. The summed E-state index contributed by atoms with van der Waals surface area (Å²) in [4.78, 5) is 26.5. The van der Waals surface area contributed by atoms with Crippen molar-refractivity contribution < 1.29 is 4.79 Å². The van der Waals surface area contributed by atoms with Crippen molar-refractivity contribution in [3.63, 3.8) is 0 Å². The number of ketones is 1. The summed E-state index contributed by atoms with van der Waals surface area (Å²) in [7, 11) is 0. The van der Waals surface area contributed by atoms with Crippen LogP contribution in [0.15, 0.2) is 83.7 Å². The van der Waals surface area contributed by atoms with Crippen LogP contribution in [-0.2, 0) is 13.0 Å². The summed E-state index contributed by atoms with van der Waals surface area (Å²) in [5, 5.41) is 8.73. The Bertz CT molecular complexity index is 1560. The molecule has 35 heavy (non-hydrogen) atoms. The molecule has 6 heteroatoms. The molecule has 6 nitrogen and oxygen atoms in total. The molecule has 5 rings (SSSR count). The van der Waals surface area contributed by atoms with Crippen LogP contribution in [-0.4, -0.2) is 24.9 Å². The molecule has 5 aromatic rings. The van der Waals surface area contributed by atoms with Crippen LogP contribution in [0, 0.1) is 5.92 Å². The second-order valence-electron chi connectivity index (χ2n) is 9.45. The van der Waals surface area contributed by atoms with Crippen LogP contribution in [0.25, 0.3) is 16.7 Å². The Balaban J connectivity index is 1.60. The molecule has 0 fully saturated rings. The number of hydrogen-bond donors (Lipinski definition) is 0. The predicted molar refractivity (Wildman–Crippen MR) is 138 cm³/mol. The highest BCUT2D eigenvalue weighted by Gasteiger charge is 2.22. The average Bonchev–Trinajstić information content (AvgIpc) is 3.32. The van der Waals surface area contributed by atoms with Crippen LogP contribution in [0.1, 0.15) is 54.0 Å². The van der Waals surface area contributed by atoms with Gasteiger partial charge in [-0.3, -0.25) is 18.6 Å². The Kier molecular flexibility index (Phi) is 6.03. The lowest BCUT2D eigenvalue weighted by molar-refractivity contribution is 0.0972. The van der Waals surface area contributed by atoms with Crippen LogP contribution >= 0.6 is 0 Å². The van der Waals surface area contributed by atoms with Crippen LogP contribution in [0.2, 0.25) is 0 Å². The quantitative estimate of drug-likeness (QED) is 0.308. The summed E-state index contributed by atoms with van der Waals surface area (Å²) in [5.41, 5.74) is 4.35. The number of carbonyl (C=O) groups excluding carboxylic acids is 1. The van der Waals surface area contributed by atoms with Gasteiger partial charge in [0.25, 0.3) is 5.56 Å². The molecule has 3 aromatic carbocycles. The van der Waals surface area contributed by atoms with Crippen molar-refractivity contribution in [3.8, 4) is 0 Å². The standard InChI is InChI=1S/C29H28N4O2/c1-19(2)17-21-13-15-22(16-14-21)20(3)27-30-31-28-29(35)32(18-26(34)23-9-5-4-6-10-23)24-11-7-8-12-25(24)33(27)28/h4-16,19-20H,17-18H2,1-3H3. The second-order valence-corrected chi connectivity index (χ2v) is 9.45. The van der Waals surface area contributed by atoms with Gasteiger partial charge in [0.2, 0.25) is 5.65 Å². The number of hydrogen-bond acceptors (Lipinski definition) is 4. The number of aromatic nitrogens is 4. The molecule has 2 heterocycles. The van der Waals surface area contributed by atoms with Gasteiger partial charge in [-0.2, -0.15) is 0 Å². The number of nitrogens with zero attached hydrogens (tertiary/aromatic N) is 4. The van der Waals surface area contributed by atoms with Gasteiger partial charge in [-0.1, -0.05) is 87.5 Å². The molecule has 0 saturated carbocycles. The first-order valence-corrected chi connectivity index (χ1v) is 12.0. The van der Waals surface area contributed by atoms with Crippen molar-refractivity contribution in [1.82, 2.24) is 19.2 Å². The Labute approximate surface area is 203 Å². The van der Waals surface area contributed by atoms with Crippen molar-refractivity contribution in [1.29, 1.82) is 0 Å². The lowest BCUT2D eigenvalue weighted by Gasteiger charge is -2.15. The third kappa shape index (κ3) is 4.28. The number of rotatable bonds is 7. The first-order chi connectivity index (χ1) is 16.9. The SMILES string of the molecule is CC(C)Cc1ccc(C(C)c2nnc3c(=O)n(CC(=O)c4ccccc4)c4ccccc4n23)cc1. The van der Waals surface area contributed by atoms with E-state index in [0.717, 1.165) is 17.5 Å². The van der Waals surface area contributed by atoms with E-state index in [9.17, 15) is 9.59 Å². The van der Waals surface area contributed by atoms with Gasteiger partial charge in [0.15, 0.2) is 5.78 Å². The van der Waals surface area contributed by atoms with E-state index in [1.807, 2.05) is 46.9 Å². The minimum atomic E-state index is -0.328. The molecule has 0 saturated heterocycles. The number of benzene rings is 3. The fourth-order valence-electron chi connectivity index (χ4n) is 4.64. The third-order valence-corrected chi connectivity index (χ3v) is 6.45. The maximum atomic E-state index is 13.5. The topological polar surface area (TPSA) is 69.3 Å². The third-order valence-electron chi connectivity index (χ3n) is 6.45. The van der Waals surface area contributed by atoms with Crippen molar-refractivity contribution in [2.45, 2.75) is 39.7 Å². The summed E-state index contributed by atoms with van der Waals surface area (Å²) in [6.07, 6.45) is 1.04. The van der Waals surface area contributed by atoms with Gasteiger partial charge < -0.3 is 0 Å². The van der Waals surface area contributed by atoms with Gasteiger partial charge in [-0.25, -0.2) is 0 Å². The zero-order valence-electron chi connectivity index (χ0n) is 20.2. The number of carbonyl (C=O) groups is 1. The summed E-state index contributed by atoms with van der Waals surface area (Å²) >= 11 is 0. The molecule has 0 aliphatic carbocycles. The molecule has 1 atom stereocenters. The summed E-state index contributed by atoms with van der Waals surface area (Å²) in [5.74, 6) is 1.10. The first kappa shape index (κ1) is 22.7. The molecule has 0 radical (unpaired) electrons. The van der Waals surface area contributed by atoms with Crippen LogP contribution < -0.4 is 5.56 Å². The normalized spacial score (nSPS) is 12.5. The van der Waals surface area contributed by atoms with Gasteiger partial charge in [0, 0.05) is 11.5 Å². The predicted octanol–water partition coefficient (Wildman–Crippen LogP) is 5.28. The Morgan fingerprint density at radius 2 is 1.49 bits per heavy atom. The molecule has 0 aliphatic rings. The second kappa shape index (κ2) is 9.29. The minimum absolute atomic E-state index is 0.0606. The van der Waals surface area contributed by atoms with Crippen LogP contribution in [0.3, 0.4) is 0 Å². The molecule has 0 amide bonds. The van der Waals surface area contributed by atoms with E-state index in [1.165, 1.54) is 10.1 Å². The lowest BCUT2D eigenvalue weighted by Crippen LogP contribution is -2.27. The van der Waals surface area contributed by atoms with E-state index in [2.05, 4.69) is 55.2 Å². The van der Waals surface area contributed by atoms with Crippen LogP contribution in [0.4, 0.5) is 0 Å². The lowest BCUT2D eigenvalue weighted by atomic mass is 9.96. The van der Waals surface area contributed by atoms with E-state index < -0.39 is 0 Å². The molecule has 0 aliphatic heterocycles. The van der Waals surface area contributed by atoms with Gasteiger partial charge in [0.1, 0.15) is 5.82 Å². The molecular formula is C29H28N4O2. The van der Waals surface area contributed by atoms with Crippen LogP contribution in [0.5, 0.6) is 0 Å². The van der Waals surface area contributed by atoms with Gasteiger partial charge in [0.05, 0.1) is 17.6 Å². The van der Waals surface area contributed by atoms with E-state index in [4.69, 9.17) is 0 Å². The largest absolute Gasteiger partial charge is 0.297 e. The van der Waals surface area contributed by atoms with Crippen molar-refractivity contribution >= 4 is 22.5 Å². The number of para-hydroxylation sites is 2. The Morgan fingerprint density at radius 3 is 2.17 bits per heavy atom. The molecular weight excluding hydrogens is 436 g/mol. The first-order valence-electron chi connectivity index (χ1n) is 12.0. The summed E-state index contributed by atoms with van der Waals surface area (Å²) in [6.45, 7) is 6.44. The average molecular weight is 465 g/mol. The minimum Gasteiger partial charge on any atom is -0.296 e. The zero-order valence-corrected chi connectivity index (χ0v) is 20.2. The highest BCUT2D eigenvalue weighted by atomic mass is 16.1. The summed E-state index contributed by atoms with van der Waals surface area (Å²) in [6, 6.07) is 25.2. The Morgan fingerprint density at radius 1 is 0.829 bits per heavy atom. The fraction of sp³-hybridized carbons (Fsp3) is 0.241. The highest BCUT2D eigenvalue weighted by molar-refractivity contribution is 5.96. The molecule has 0 spiro atoms. The molecule has 0 N–H and O–H groups in total. The van der Waals surface area contributed by atoms with Crippen molar-refractivity contribution in [3.05, 3.63) is 112 Å². The molecule has 1 unspecified atom stereocenters.